The Bertz CT molecular complexity index is 657. The van der Waals surface area contributed by atoms with E-state index in [0.717, 1.165) is 36.6 Å². The second kappa shape index (κ2) is 7.01. The molecule has 1 aliphatic carbocycles. The summed E-state index contributed by atoms with van der Waals surface area (Å²) >= 11 is 0. The van der Waals surface area contributed by atoms with Crippen LogP contribution >= 0.6 is 0 Å². The molecule has 2 aromatic carbocycles. The first kappa shape index (κ1) is 15.8. The maximum absolute atomic E-state index is 13.5. The third kappa shape index (κ3) is 3.82. The predicted molar refractivity (Wildman–Crippen MR) is 88.5 cm³/mol. The fraction of sp³-hybridized carbons (Fsp3) is 0.368. The summed E-state index contributed by atoms with van der Waals surface area (Å²) in [6.45, 7) is 1.75. The summed E-state index contributed by atoms with van der Waals surface area (Å²) in [5.74, 6) is 2.40. The fourth-order valence-corrected chi connectivity index (χ4v) is 2.99. The van der Waals surface area contributed by atoms with Crippen LogP contribution in [0.4, 0.5) is 4.39 Å². The molecule has 2 atom stereocenters. The molecule has 23 heavy (non-hydrogen) atoms. The lowest BCUT2D eigenvalue weighted by atomic mass is 10.1. The zero-order valence-corrected chi connectivity index (χ0v) is 13.5. The van der Waals surface area contributed by atoms with Gasteiger partial charge >= 0.3 is 0 Å². The van der Waals surface area contributed by atoms with Crippen molar-refractivity contribution < 1.29 is 13.9 Å². The number of nitrogens with one attached hydrogen (secondary N) is 1. The number of hydrogen-bond donors (Lipinski definition) is 1. The molecular weight excluding hydrogens is 293 g/mol. The number of rotatable bonds is 7. The Balaban J connectivity index is 1.50. The largest absolute Gasteiger partial charge is 0.497 e. The smallest absolute Gasteiger partial charge is 0.123 e. The highest BCUT2D eigenvalue weighted by Crippen LogP contribution is 2.50. The van der Waals surface area contributed by atoms with Crippen molar-refractivity contribution in [1.29, 1.82) is 0 Å². The molecule has 2 aromatic rings. The van der Waals surface area contributed by atoms with Crippen molar-refractivity contribution >= 4 is 0 Å². The van der Waals surface area contributed by atoms with Gasteiger partial charge in [0, 0.05) is 12.1 Å². The first-order valence-corrected chi connectivity index (χ1v) is 7.88. The SMILES string of the molecule is COc1ccc(CNC[C@H]2C[C@@H]2c2cc(F)ccc2OC)cc1. The third-order valence-corrected chi connectivity index (χ3v) is 4.41. The molecule has 3 rings (SSSR count). The number of ether oxygens (including phenoxy) is 2. The average Bonchev–Trinajstić information content (AvgIpc) is 3.35. The maximum atomic E-state index is 13.5. The highest BCUT2D eigenvalue weighted by atomic mass is 19.1. The summed E-state index contributed by atoms with van der Waals surface area (Å²) in [6, 6.07) is 12.8. The summed E-state index contributed by atoms with van der Waals surface area (Å²) in [4.78, 5) is 0. The molecule has 0 saturated heterocycles. The van der Waals surface area contributed by atoms with Crippen LogP contribution in [0.3, 0.4) is 0 Å². The van der Waals surface area contributed by atoms with Gasteiger partial charge < -0.3 is 14.8 Å². The molecule has 0 aliphatic heterocycles. The Morgan fingerprint density at radius 2 is 1.87 bits per heavy atom. The van der Waals surface area contributed by atoms with Gasteiger partial charge in [0.1, 0.15) is 17.3 Å². The zero-order valence-electron chi connectivity index (χ0n) is 13.5. The van der Waals surface area contributed by atoms with Crippen molar-refractivity contribution in [1.82, 2.24) is 5.32 Å². The molecule has 0 spiro atoms. The van der Waals surface area contributed by atoms with E-state index >= 15 is 0 Å². The normalized spacial score (nSPS) is 19.4. The lowest BCUT2D eigenvalue weighted by Crippen LogP contribution is -2.16. The van der Waals surface area contributed by atoms with Crippen LogP contribution in [0.5, 0.6) is 11.5 Å². The zero-order chi connectivity index (χ0) is 16.2. The molecule has 1 aliphatic rings. The van der Waals surface area contributed by atoms with Gasteiger partial charge in [-0.05, 0) is 60.7 Å². The third-order valence-electron chi connectivity index (χ3n) is 4.41. The van der Waals surface area contributed by atoms with E-state index in [9.17, 15) is 4.39 Å². The molecule has 1 fully saturated rings. The van der Waals surface area contributed by atoms with E-state index in [4.69, 9.17) is 9.47 Å². The Hall–Kier alpha value is -2.07. The van der Waals surface area contributed by atoms with Gasteiger partial charge in [-0.2, -0.15) is 0 Å². The summed E-state index contributed by atoms with van der Waals surface area (Å²) in [6.07, 6.45) is 1.08. The van der Waals surface area contributed by atoms with Crippen LogP contribution in [-0.2, 0) is 6.54 Å². The molecule has 0 bridgehead atoms. The second-order valence-corrected chi connectivity index (χ2v) is 5.97. The van der Waals surface area contributed by atoms with Crippen LogP contribution in [0.1, 0.15) is 23.5 Å². The minimum absolute atomic E-state index is 0.197. The Labute approximate surface area is 136 Å². The predicted octanol–water partition coefficient (Wildman–Crippen LogP) is 3.74. The molecule has 0 unspecified atom stereocenters. The molecule has 1 saturated carbocycles. The molecule has 0 radical (unpaired) electrons. The van der Waals surface area contributed by atoms with Crippen molar-refractivity contribution in [2.45, 2.75) is 18.9 Å². The highest BCUT2D eigenvalue weighted by Gasteiger charge is 2.39. The molecule has 0 amide bonds. The van der Waals surface area contributed by atoms with Gasteiger partial charge in [0.25, 0.3) is 0 Å². The summed E-state index contributed by atoms with van der Waals surface area (Å²) in [5, 5.41) is 3.48. The van der Waals surface area contributed by atoms with Crippen LogP contribution in [0, 0.1) is 11.7 Å². The van der Waals surface area contributed by atoms with Gasteiger partial charge in [0.15, 0.2) is 0 Å². The number of halogens is 1. The molecule has 122 valence electrons. The lowest BCUT2D eigenvalue weighted by Gasteiger charge is -2.09. The summed E-state index contributed by atoms with van der Waals surface area (Å²) in [7, 11) is 3.30. The standard InChI is InChI=1S/C19H22FNO2/c1-22-16-6-3-13(4-7-16)11-21-12-14-9-17(14)18-10-15(20)5-8-19(18)23-2/h3-8,10,14,17,21H,9,11-12H2,1-2H3/t14-,17+/m1/s1. The van der Waals surface area contributed by atoms with Crippen LogP contribution in [0.15, 0.2) is 42.5 Å². The first-order valence-electron chi connectivity index (χ1n) is 7.88. The quantitative estimate of drug-likeness (QED) is 0.844. The summed E-state index contributed by atoms with van der Waals surface area (Å²) in [5.41, 5.74) is 2.22. The van der Waals surface area contributed by atoms with Crippen molar-refractivity contribution in [2.75, 3.05) is 20.8 Å². The van der Waals surface area contributed by atoms with Gasteiger partial charge in [-0.25, -0.2) is 4.39 Å². The van der Waals surface area contributed by atoms with Crippen LogP contribution in [0.25, 0.3) is 0 Å². The number of benzene rings is 2. The van der Waals surface area contributed by atoms with E-state index in [1.165, 1.54) is 11.6 Å². The maximum Gasteiger partial charge on any atom is 0.123 e. The van der Waals surface area contributed by atoms with E-state index in [1.54, 1.807) is 26.4 Å². The van der Waals surface area contributed by atoms with Gasteiger partial charge in [0.2, 0.25) is 0 Å². The van der Waals surface area contributed by atoms with Crippen molar-refractivity contribution in [3.8, 4) is 11.5 Å². The van der Waals surface area contributed by atoms with E-state index in [0.29, 0.717) is 11.8 Å². The van der Waals surface area contributed by atoms with Gasteiger partial charge in [0.05, 0.1) is 14.2 Å². The minimum atomic E-state index is -0.197. The van der Waals surface area contributed by atoms with Crippen molar-refractivity contribution in [2.24, 2.45) is 5.92 Å². The molecule has 3 nitrogen and oxygen atoms in total. The lowest BCUT2D eigenvalue weighted by molar-refractivity contribution is 0.407. The van der Waals surface area contributed by atoms with E-state index in [2.05, 4.69) is 17.4 Å². The number of hydrogen-bond acceptors (Lipinski definition) is 3. The van der Waals surface area contributed by atoms with Crippen LogP contribution < -0.4 is 14.8 Å². The molecule has 0 heterocycles. The first-order chi connectivity index (χ1) is 11.2. The van der Waals surface area contributed by atoms with E-state index in [-0.39, 0.29) is 5.82 Å². The van der Waals surface area contributed by atoms with Crippen LogP contribution in [-0.4, -0.2) is 20.8 Å². The molecule has 4 heteroatoms. The highest BCUT2D eigenvalue weighted by molar-refractivity contribution is 5.40. The molecule has 0 aromatic heterocycles. The molecular formula is C19H22FNO2. The van der Waals surface area contributed by atoms with Gasteiger partial charge in [-0.3, -0.25) is 0 Å². The molecule has 1 N–H and O–H groups in total. The van der Waals surface area contributed by atoms with Crippen LogP contribution in [0.2, 0.25) is 0 Å². The second-order valence-electron chi connectivity index (χ2n) is 5.97. The van der Waals surface area contributed by atoms with Crippen molar-refractivity contribution in [3.05, 3.63) is 59.4 Å². The Morgan fingerprint density at radius 3 is 2.57 bits per heavy atom. The van der Waals surface area contributed by atoms with Gasteiger partial charge in [-0.1, -0.05) is 12.1 Å². The average molecular weight is 315 g/mol. The summed E-state index contributed by atoms with van der Waals surface area (Å²) < 4.78 is 24.0. The van der Waals surface area contributed by atoms with Crippen molar-refractivity contribution in [3.63, 3.8) is 0 Å². The minimum Gasteiger partial charge on any atom is -0.497 e. The van der Waals surface area contributed by atoms with Gasteiger partial charge in [-0.15, -0.1) is 0 Å². The topological polar surface area (TPSA) is 30.5 Å². The monoisotopic (exact) mass is 315 g/mol. The fourth-order valence-electron chi connectivity index (χ4n) is 2.99. The number of methoxy groups -OCH3 is 2. The Kier molecular flexibility index (Phi) is 4.82. The van der Waals surface area contributed by atoms with E-state index < -0.39 is 0 Å². The van der Waals surface area contributed by atoms with E-state index in [1.807, 2.05) is 12.1 Å². The Morgan fingerprint density at radius 1 is 1.09 bits per heavy atom.